The average molecular weight is 500 g/mol. The molecule has 0 unspecified atom stereocenters. The molecule has 0 atom stereocenters. The van der Waals surface area contributed by atoms with Gasteiger partial charge in [-0.1, -0.05) is 41.9 Å². The first kappa shape index (κ1) is 22.7. The molecular formula is C23H20BrClN4O2. The van der Waals surface area contributed by atoms with Crippen LogP contribution in [0.25, 0.3) is 0 Å². The Morgan fingerprint density at radius 1 is 1.06 bits per heavy atom. The highest BCUT2D eigenvalue weighted by atomic mass is 79.9. The van der Waals surface area contributed by atoms with Crippen molar-refractivity contribution in [2.24, 2.45) is 0 Å². The zero-order chi connectivity index (χ0) is 22.5. The van der Waals surface area contributed by atoms with Gasteiger partial charge in [-0.15, -0.1) is 0 Å². The number of pyridine rings is 1. The number of ketones is 1. The third-order valence-electron chi connectivity index (χ3n) is 4.56. The van der Waals surface area contributed by atoms with Gasteiger partial charge in [0.05, 0.1) is 0 Å². The lowest BCUT2D eigenvalue weighted by Gasteiger charge is -2.14. The fraction of sp³-hybridized carbons (Fsp3) is 0.130. The van der Waals surface area contributed by atoms with Gasteiger partial charge >= 0.3 is 0 Å². The number of hydrogen-bond acceptors (Lipinski definition) is 4. The Morgan fingerprint density at radius 3 is 2.35 bits per heavy atom. The zero-order valence-corrected chi connectivity index (χ0v) is 19.3. The van der Waals surface area contributed by atoms with E-state index in [4.69, 9.17) is 17.0 Å². The molecule has 0 radical (unpaired) electrons. The number of aromatic nitrogens is 1. The van der Waals surface area contributed by atoms with E-state index in [1.807, 2.05) is 0 Å². The molecule has 0 saturated carbocycles. The van der Waals surface area contributed by atoms with Gasteiger partial charge in [-0.25, -0.2) is 4.98 Å². The largest absolute Gasteiger partial charge is 0.363 e. The van der Waals surface area contributed by atoms with E-state index < -0.39 is 5.91 Å². The summed E-state index contributed by atoms with van der Waals surface area (Å²) in [6.45, 7) is 0. The molecule has 0 aliphatic heterocycles. The summed E-state index contributed by atoms with van der Waals surface area (Å²) in [5, 5.41) is 11.1. The van der Waals surface area contributed by atoms with E-state index in [9.17, 15) is 9.59 Å². The summed E-state index contributed by atoms with van der Waals surface area (Å²) in [5.41, 5.74) is 2.10. The highest BCUT2D eigenvalue weighted by molar-refractivity contribution is 9.10. The van der Waals surface area contributed by atoms with Gasteiger partial charge in [0.15, 0.2) is 5.78 Å². The predicted octanol–water partition coefficient (Wildman–Crippen LogP) is 5.06. The Labute approximate surface area is 193 Å². The number of carbonyl (C=O) groups excluding carboxylic acids is 2. The Balaban J connectivity index is 1.80. The number of anilines is 1. The first-order chi connectivity index (χ1) is 14.7. The summed E-state index contributed by atoms with van der Waals surface area (Å²) in [4.78, 5) is 31.5. The first-order valence-corrected chi connectivity index (χ1v) is 10.5. The van der Waals surface area contributed by atoms with E-state index in [1.165, 1.54) is 0 Å². The minimum Gasteiger partial charge on any atom is -0.363 e. The Kier molecular flexibility index (Phi) is 7.20. The van der Waals surface area contributed by atoms with Crippen LogP contribution in [-0.2, 0) is 6.42 Å². The summed E-state index contributed by atoms with van der Waals surface area (Å²) in [6, 6.07) is 15.2. The van der Waals surface area contributed by atoms with Gasteiger partial charge in [0.1, 0.15) is 11.7 Å². The summed E-state index contributed by atoms with van der Waals surface area (Å²) in [5.74, 6) is 0.220. The minimum atomic E-state index is -0.394. The lowest BCUT2D eigenvalue weighted by atomic mass is 9.97. The number of hydrogen-bond donors (Lipinski definition) is 2. The molecule has 6 nitrogen and oxygen atoms in total. The van der Waals surface area contributed by atoms with Crippen LogP contribution in [0.2, 0.25) is 5.02 Å². The van der Waals surface area contributed by atoms with Crippen LogP contribution in [0.4, 0.5) is 5.82 Å². The summed E-state index contributed by atoms with van der Waals surface area (Å²) >= 11 is 9.40. The average Bonchev–Trinajstić information content (AvgIpc) is 2.76. The number of amidine groups is 1. The van der Waals surface area contributed by atoms with Gasteiger partial charge in [0, 0.05) is 52.9 Å². The number of carbonyl (C=O) groups is 2. The van der Waals surface area contributed by atoms with Crippen molar-refractivity contribution in [1.82, 2.24) is 9.88 Å². The van der Waals surface area contributed by atoms with Gasteiger partial charge in [0.2, 0.25) is 0 Å². The summed E-state index contributed by atoms with van der Waals surface area (Å²) in [6.07, 6.45) is 1.62. The Morgan fingerprint density at radius 2 is 1.74 bits per heavy atom. The standard InChI is InChI=1S/C23H20BrClN4O2/c1-29(2)22(26)15-5-3-14(4-6-15)20(30)11-16-7-9-18(25)12-19(16)23(31)28-21-10-8-17(24)13-27-21/h3-10,12-13,26H,11H2,1-2H3,(H,27,28,31). The summed E-state index contributed by atoms with van der Waals surface area (Å²) < 4.78 is 0.797. The van der Waals surface area contributed by atoms with E-state index in [0.717, 1.165) is 10.0 Å². The molecule has 3 aromatic rings. The zero-order valence-electron chi connectivity index (χ0n) is 16.9. The van der Waals surface area contributed by atoms with E-state index in [0.29, 0.717) is 33.4 Å². The molecule has 3 rings (SSSR count). The van der Waals surface area contributed by atoms with Crippen LogP contribution in [0, 0.1) is 5.41 Å². The van der Waals surface area contributed by atoms with Crippen LogP contribution >= 0.6 is 27.5 Å². The third kappa shape index (κ3) is 5.77. The molecule has 0 aliphatic carbocycles. The molecule has 8 heteroatoms. The lowest BCUT2D eigenvalue weighted by Crippen LogP contribution is -2.21. The molecule has 0 fully saturated rings. The normalized spacial score (nSPS) is 10.5. The first-order valence-electron chi connectivity index (χ1n) is 9.35. The van der Waals surface area contributed by atoms with Crippen molar-refractivity contribution >= 4 is 50.9 Å². The second kappa shape index (κ2) is 9.85. The van der Waals surface area contributed by atoms with Crippen molar-refractivity contribution in [2.75, 3.05) is 19.4 Å². The van der Waals surface area contributed by atoms with E-state index >= 15 is 0 Å². The maximum atomic E-state index is 12.8. The molecule has 31 heavy (non-hydrogen) atoms. The second-order valence-electron chi connectivity index (χ2n) is 7.04. The maximum absolute atomic E-state index is 12.8. The molecule has 1 amide bonds. The number of benzene rings is 2. The molecule has 0 saturated heterocycles. The highest BCUT2D eigenvalue weighted by Crippen LogP contribution is 2.20. The van der Waals surface area contributed by atoms with Crippen LogP contribution in [0.1, 0.15) is 31.8 Å². The quantitative estimate of drug-likeness (QED) is 0.282. The van der Waals surface area contributed by atoms with Crippen molar-refractivity contribution in [3.05, 3.63) is 92.5 Å². The minimum absolute atomic E-state index is 0.0398. The Hall–Kier alpha value is -3.03. The van der Waals surface area contributed by atoms with Gasteiger partial charge in [-0.3, -0.25) is 15.0 Å². The van der Waals surface area contributed by atoms with E-state index in [-0.39, 0.29) is 12.2 Å². The molecule has 2 N–H and O–H groups in total. The number of halogens is 2. The smallest absolute Gasteiger partial charge is 0.257 e. The predicted molar refractivity (Wildman–Crippen MR) is 126 cm³/mol. The molecule has 1 heterocycles. The second-order valence-corrected chi connectivity index (χ2v) is 8.39. The fourth-order valence-electron chi connectivity index (χ4n) is 2.89. The van der Waals surface area contributed by atoms with Crippen LogP contribution in [0.3, 0.4) is 0 Å². The molecule has 158 valence electrons. The van der Waals surface area contributed by atoms with Gasteiger partial charge in [0.25, 0.3) is 5.91 Å². The molecule has 0 spiro atoms. The van der Waals surface area contributed by atoms with Crippen molar-refractivity contribution in [3.63, 3.8) is 0 Å². The monoisotopic (exact) mass is 498 g/mol. The molecular weight excluding hydrogens is 480 g/mol. The SMILES string of the molecule is CN(C)C(=N)c1ccc(C(=O)Cc2ccc(Cl)cc2C(=O)Nc2ccc(Br)cn2)cc1. The van der Waals surface area contributed by atoms with Crippen molar-refractivity contribution < 1.29 is 9.59 Å². The van der Waals surface area contributed by atoms with Crippen LogP contribution in [0.5, 0.6) is 0 Å². The topological polar surface area (TPSA) is 86.2 Å². The fourth-order valence-corrected chi connectivity index (χ4v) is 3.30. The molecule has 0 aliphatic rings. The van der Waals surface area contributed by atoms with Crippen LogP contribution in [0.15, 0.2) is 65.3 Å². The van der Waals surface area contributed by atoms with Crippen molar-refractivity contribution in [3.8, 4) is 0 Å². The van der Waals surface area contributed by atoms with Crippen molar-refractivity contribution in [2.45, 2.75) is 6.42 Å². The highest BCUT2D eigenvalue weighted by Gasteiger charge is 2.17. The maximum Gasteiger partial charge on any atom is 0.257 e. The van der Waals surface area contributed by atoms with Crippen molar-refractivity contribution in [1.29, 1.82) is 5.41 Å². The van der Waals surface area contributed by atoms with E-state index in [1.54, 1.807) is 79.8 Å². The number of rotatable bonds is 6. The van der Waals surface area contributed by atoms with Gasteiger partial charge < -0.3 is 10.2 Å². The van der Waals surface area contributed by atoms with E-state index in [2.05, 4.69) is 26.2 Å². The Bertz CT molecular complexity index is 1130. The third-order valence-corrected chi connectivity index (χ3v) is 5.27. The summed E-state index contributed by atoms with van der Waals surface area (Å²) in [7, 11) is 3.58. The number of nitrogens with zero attached hydrogens (tertiary/aromatic N) is 2. The molecule has 0 bridgehead atoms. The number of Topliss-reactive ketones (excluding diaryl/α,β-unsaturated/α-hetero) is 1. The van der Waals surface area contributed by atoms with Gasteiger partial charge in [-0.2, -0.15) is 0 Å². The number of amides is 1. The molecule has 2 aromatic carbocycles. The molecule has 1 aromatic heterocycles. The van der Waals surface area contributed by atoms with Crippen LogP contribution < -0.4 is 5.32 Å². The number of nitrogens with one attached hydrogen (secondary N) is 2. The van der Waals surface area contributed by atoms with Gasteiger partial charge in [-0.05, 0) is 45.8 Å². The lowest BCUT2D eigenvalue weighted by molar-refractivity contribution is 0.0992. The van der Waals surface area contributed by atoms with Crippen LogP contribution in [-0.4, -0.2) is 41.5 Å².